The van der Waals surface area contributed by atoms with Crippen molar-refractivity contribution < 1.29 is 9.59 Å². The van der Waals surface area contributed by atoms with Crippen LogP contribution in [0.3, 0.4) is 0 Å². The van der Waals surface area contributed by atoms with E-state index in [-0.39, 0.29) is 29.9 Å². The first kappa shape index (κ1) is 14.0. The van der Waals surface area contributed by atoms with Crippen molar-refractivity contribution in [1.29, 1.82) is 0 Å². The lowest BCUT2D eigenvalue weighted by molar-refractivity contribution is -0.138. The molecule has 0 saturated carbocycles. The number of rotatable bonds is 5. The summed E-state index contributed by atoms with van der Waals surface area (Å²) < 4.78 is 0. The Balaban J connectivity index is 2.56. The third kappa shape index (κ3) is 3.43. The summed E-state index contributed by atoms with van der Waals surface area (Å²) >= 11 is 0. The molecule has 0 spiro atoms. The SMILES string of the molecule is CCNC1CCN(C(C)C(=O)NC(C)C)C1=O. The zero-order chi connectivity index (χ0) is 13.0. The Morgan fingerprint density at radius 3 is 2.65 bits per heavy atom. The van der Waals surface area contributed by atoms with Gasteiger partial charge in [-0.05, 0) is 33.7 Å². The molecular weight excluding hydrogens is 218 g/mol. The van der Waals surface area contributed by atoms with Gasteiger partial charge in [-0.3, -0.25) is 9.59 Å². The molecule has 1 fully saturated rings. The summed E-state index contributed by atoms with van der Waals surface area (Å²) in [5.41, 5.74) is 0. The molecule has 2 N–H and O–H groups in total. The molecule has 1 heterocycles. The van der Waals surface area contributed by atoms with Gasteiger partial charge in [-0.1, -0.05) is 6.92 Å². The third-order valence-corrected chi connectivity index (χ3v) is 2.97. The van der Waals surface area contributed by atoms with Gasteiger partial charge in [0.2, 0.25) is 11.8 Å². The monoisotopic (exact) mass is 241 g/mol. The highest BCUT2D eigenvalue weighted by molar-refractivity contribution is 5.91. The second-order valence-corrected chi connectivity index (χ2v) is 4.77. The highest BCUT2D eigenvalue weighted by atomic mass is 16.2. The van der Waals surface area contributed by atoms with Crippen LogP contribution in [0.5, 0.6) is 0 Å². The lowest BCUT2D eigenvalue weighted by Crippen LogP contribution is -2.49. The Kier molecular flexibility index (Phi) is 4.93. The van der Waals surface area contributed by atoms with Crippen LogP contribution >= 0.6 is 0 Å². The van der Waals surface area contributed by atoms with Gasteiger partial charge in [-0.2, -0.15) is 0 Å². The molecule has 2 amide bonds. The Hall–Kier alpha value is -1.10. The summed E-state index contributed by atoms with van der Waals surface area (Å²) in [6, 6.07) is -0.393. The van der Waals surface area contributed by atoms with Crippen molar-refractivity contribution >= 4 is 11.8 Å². The molecule has 5 heteroatoms. The second kappa shape index (κ2) is 6.00. The number of amides is 2. The molecule has 0 aliphatic carbocycles. The quantitative estimate of drug-likeness (QED) is 0.718. The normalized spacial score (nSPS) is 22.1. The maximum atomic E-state index is 12.0. The van der Waals surface area contributed by atoms with Crippen molar-refractivity contribution in [2.45, 2.75) is 52.2 Å². The number of hydrogen-bond donors (Lipinski definition) is 2. The maximum Gasteiger partial charge on any atom is 0.242 e. The van der Waals surface area contributed by atoms with Crippen LogP contribution in [0.15, 0.2) is 0 Å². The average molecular weight is 241 g/mol. The molecule has 1 rings (SSSR count). The molecule has 1 aliphatic heterocycles. The number of carbonyl (C=O) groups is 2. The summed E-state index contributed by atoms with van der Waals surface area (Å²) in [5, 5.41) is 5.97. The number of likely N-dealkylation sites (tertiary alicyclic amines) is 1. The van der Waals surface area contributed by atoms with Crippen LogP contribution in [0.2, 0.25) is 0 Å². The first-order valence-electron chi connectivity index (χ1n) is 6.31. The fourth-order valence-corrected chi connectivity index (χ4v) is 2.07. The first-order valence-corrected chi connectivity index (χ1v) is 6.31. The number of nitrogens with zero attached hydrogens (tertiary/aromatic N) is 1. The van der Waals surface area contributed by atoms with Crippen molar-refractivity contribution in [2.75, 3.05) is 13.1 Å². The van der Waals surface area contributed by atoms with E-state index in [2.05, 4.69) is 10.6 Å². The van der Waals surface area contributed by atoms with E-state index < -0.39 is 0 Å². The van der Waals surface area contributed by atoms with Crippen molar-refractivity contribution in [3.63, 3.8) is 0 Å². The van der Waals surface area contributed by atoms with Gasteiger partial charge in [0, 0.05) is 12.6 Å². The highest BCUT2D eigenvalue weighted by Crippen LogP contribution is 2.14. The van der Waals surface area contributed by atoms with Gasteiger partial charge in [0.05, 0.1) is 6.04 Å². The average Bonchev–Trinajstić information content (AvgIpc) is 2.59. The van der Waals surface area contributed by atoms with Crippen LogP contribution in [-0.2, 0) is 9.59 Å². The number of likely N-dealkylation sites (N-methyl/N-ethyl adjacent to an activating group) is 1. The molecule has 0 aromatic rings. The molecule has 0 radical (unpaired) electrons. The van der Waals surface area contributed by atoms with E-state index in [1.165, 1.54) is 0 Å². The van der Waals surface area contributed by atoms with E-state index in [9.17, 15) is 9.59 Å². The van der Waals surface area contributed by atoms with Crippen molar-refractivity contribution in [2.24, 2.45) is 0 Å². The lowest BCUT2D eigenvalue weighted by atomic mass is 10.2. The van der Waals surface area contributed by atoms with Gasteiger partial charge < -0.3 is 15.5 Å². The Morgan fingerprint density at radius 1 is 1.47 bits per heavy atom. The molecular formula is C12H23N3O2. The molecule has 17 heavy (non-hydrogen) atoms. The van der Waals surface area contributed by atoms with Crippen LogP contribution in [0.4, 0.5) is 0 Å². The summed E-state index contributed by atoms with van der Waals surface area (Å²) in [7, 11) is 0. The van der Waals surface area contributed by atoms with Gasteiger partial charge in [0.1, 0.15) is 6.04 Å². The van der Waals surface area contributed by atoms with Gasteiger partial charge in [-0.15, -0.1) is 0 Å². The van der Waals surface area contributed by atoms with E-state index in [4.69, 9.17) is 0 Å². The number of hydrogen-bond acceptors (Lipinski definition) is 3. The van der Waals surface area contributed by atoms with Gasteiger partial charge in [0.25, 0.3) is 0 Å². The minimum atomic E-state index is -0.381. The zero-order valence-electron chi connectivity index (χ0n) is 11.1. The molecule has 0 aromatic carbocycles. The summed E-state index contributed by atoms with van der Waals surface area (Å²) in [6.45, 7) is 9.02. The van der Waals surface area contributed by atoms with Crippen LogP contribution in [0.1, 0.15) is 34.1 Å². The van der Waals surface area contributed by atoms with Gasteiger partial charge >= 0.3 is 0 Å². The maximum absolute atomic E-state index is 12.0. The van der Waals surface area contributed by atoms with Crippen LogP contribution in [-0.4, -0.2) is 47.9 Å². The molecule has 0 bridgehead atoms. The first-order chi connectivity index (χ1) is 7.97. The largest absolute Gasteiger partial charge is 0.352 e. The summed E-state index contributed by atoms with van der Waals surface area (Å²) in [5.74, 6) is -0.0382. The highest BCUT2D eigenvalue weighted by Gasteiger charge is 2.36. The standard InChI is InChI=1S/C12H23N3O2/c1-5-13-10-6-7-15(12(10)17)9(4)11(16)14-8(2)3/h8-10,13H,5-7H2,1-4H3,(H,14,16). The smallest absolute Gasteiger partial charge is 0.242 e. The summed E-state index contributed by atoms with van der Waals surface area (Å²) in [4.78, 5) is 25.5. The third-order valence-electron chi connectivity index (χ3n) is 2.97. The van der Waals surface area contributed by atoms with E-state index >= 15 is 0 Å². The Labute approximate surface area is 103 Å². The molecule has 0 aromatic heterocycles. The lowest BCUT2D eigenvalue weighted by Gasteiger charge is -2.25. The van der Waals surface area contributed by atoms with Crippen LogP contribution in [0, 0.1) is 0 Å². The zero-order valence-corrected chi connectivity index (χ0v) is 11.1. The van der Waals surface area contributed by atoms with Gasteiger partial charge in [0.15, 0.2) is 0 Å². The molecule has 98 valence electrons. The van der Waals surface area contributed by atoms with E-state index in [0.717, 1.165) is 13.0 Å². The molecule has 5 nitrogen and oxygen atoms in total. The minimum absolute atomic E-state index is 0.0401. The van der Waals surface area contributed by atoms with E-state index in [0.29, 0.717) is 6.54 Å². The fraction of sp³-hybridized carbons (Fsp3) is 0.833. The van der Waals surface area contributed by atoms with Crippen LogP contribution < -0.4 is 10.6 Å². The summed E-state index contributed by atoms with van der Waals surface area (Å²) in [6.07, 6.45) is 0.784. The van der Waals surface area contributed by atoms with E-state index in [1.54, 1.807) is 11.8 Å². The van der Waals surface area contributed by atoms with Gasteiger partial charge in [-0.25, -0.2) is 0 Å². The van der Waals surface area contributed by atoms with Crippen molar-refractivity contribution in [3.05, 3.63) is 0 Å². The fourth-order valence-electron chi connectivity index (χ4n) is 2.07. The Morgan fingerprint density at radius 2 is 2.12 bits per heavy atom. The predicted molar refractivity (Wildman–Crippen MR) is 66.5 cm³/mol. The Bertz CT molecular complexity index is 291. The van der Waals surface area contributed by atoms with E-state index in [1.807, 2.05) is 20.8 Å². The predicted octanol–water partition coefficient (Wildman–Crippen LogP) is 0.110. The second-order valence-electron chi connectivity index (χ2n) is 4.77. The molecule has 1 saturated heterocycles. The van der Waals surface area contributed by atoms with Crippen molar-refractivity contribution in [3.8, 4) is 0 Å². The minimum Gasteiger partial charge on any atom is -0.352 e. The van der Waals surface area contributed by atoms with Crippen molar-refractivity contribution in [1.82, 2.24) is 15.5 Å². The number of nitrogens with one attached hydrogen (secondary N) is 2. The molecule has 2 unspecified atom stereocenters. The number of carbonyl (C=O) groups excluding carboxylic acids is 2. The van der Waals surface area contributed by atoms with Crippen LogP contribution in [0.25, 0.3) is 0 Å². The molecule has 2 atom stereocenters. The molecule has 1 aliphatic rings. The topological polar surface area (TPSA) is 61.4 Å².